The Morgan fingerprint density at radius 3 is 2.22 bits per heavy atom. The molecular formula is C18H18F2N2O. The molecule has 0 aliphatic carbocycles. The Labute approximate surface area is 133 Å². The van der Waals surface area contributed by atoms with Crippen LogP contribution < -0.4 is 10.2 Å². The van der Waals surface area contributed by atoms with Crippen LogP contribution in [0.2, 0.25) is 0 Å². The van der Waals surface area contributed by atoms with Gasteiger partial charge >= 0.3 is 0 Å². The van der Waals surface area contributed by atoms with E-state index in [0.717, 1.165) is 49.8 Å². The Morgan fingerprint density at radius 1 is 1.00 bits per heavy atom. The van der Waals surface area contributed by atoms with E-state index in [1.54, 1.807) is 0 Å². The van der Waals surface area contributed by atoms with E-state index < -0.39 is 11.6 Å². The van der Waals surface area contributed by atoms with Crippen LogP contribution in [0.5, 0.6) is 0 Å². The zero-order valence-corrected chi connectivity index (χ0v) is 12.6. The molecular weight excluding hydrogens is 298 g/mol. The van der Waals surface area contributed by atoms with Crippen LogP contribution in [0, 0.1) is 17.6 Å². The molecule has 0 atom stereocenters. The summed E-state index contributed by atoms with van der Waals surface area (Å²) in [7, 11) is 0. The molecule has 2 aromatic rings. The molecule has 1 amide bonds. The lowest BCUT2D eigenvalue weighted by Crippen LogP contribution is -2.38. The molecule has 1 fully saturated rings. The molecule has 0 saturated carbocycles. The maximum absolute atomic E-state index is 13.2. The normalized spacial score (nSPS) is 15.5. The third-order valence-corrected chi connectivity index (χ3v) is 4.12. The molecule has 3 rings (SSSR count). The van der Waals surface area contributed by atoms with Gasteiger partial charge in [-0.05, 0) is 37.1 Å². The molecule has 0 radical (unpaired) electrons. The van der Waals surface area contributed by atoms with Gasteiger partial charge in [0.05, 0.1) is 0 Å². The van der Waals surface area contributed by atoms with Crippen molar-refractivity contribution in [2.24, 2.45) is 5.92 Å². The number of amides is 1. The number of anilines is 2. The second-order valence-corrected chi connectivity index (χ2v) is 5.74. The summed E-state index contributed by atoms with van der Waals surface area (Å²) < 4.78 is 26.3. The SMILES string of the molecule is O=C(Nc1cc(F)cc(F)c1)C1CCN(c2ccccc2)CC1. The number of hydrogen-bond acceptors (Lipinski definition) is 2. The quantitative estimate of drug-likeness (QED) is 0.933. The van der Waals surface area contributed by atoms with Gasteiger partial charge in [-0.25, -0.2) is 8.78 Å². The molecule has 2 aromatic carbocycles. The first kappa shape index (κ1) is 15.5. The second-order valence-electron chi connectivity index (χ2n) is 5.74. The Bertz CT molecular complexity index is 662. The van der Waals surface area contributed by atoms with Crippen molar-refractivity contribution < 1.29 is 13.6 Å². The molecule has 1 heterocycles. The maximum Gasteiger partial charge on any atom is 0.227 e. The van der Waals surface area contributed by atoms with Crippen LogP contribution in [0.1, 0.15) is 12.8 Å². The lowest BCUT2D eigenvalue weighted by molar-refractivity contribution is -0.120. The first-order valence-electron chi connectivity index (χ1n) is 7.69. The molecule has 1 aliphatic rings. The summed E-state index contributed by atoms with van der Waals surface area (Å²) in [4.78, 5) is 14.5. The summed E-state index contributed by atoms with van der Waals surface area (Å²) in [5.41, 5.74) is 1.32. The lowest BCUT2D eigenvalue weighted by Gasteiger charge is -2.33. The minimum Gasteiger partial charge on any atom is -0.371 e. The number of carbonyl (C=O) groups excluding carboxylic acids is 1. The Morgan fingerprint density at radius 2 is 1.61 bits per heavy atom. The fourth-order valence-corrected chi connectivity index (χ4v) is 2.91. The molecule has 3 nitrogen and oxygen atoms in total. The van der Waals surface area contributed by atoms with Crippen molar-refractivity contribution >= 4 is 17.3 Å². The van der Waals surface area contributed by atoms with E-state index in [-0.39, 0.29) is 17.5 Å². The van der Waals surface area contributed by atoms with Crippen molar-refractivity contribution in [3.63, 3.8) is 0 Å². The number of nitrogens with zero attached hydrogens (tertiary/aromatic N) is 1. The molecule has 0 spiro atoms. The summed E-state index contributed by atoms with van der Waals surface area (Å²) >= 11 is 0. The van der Waals surface area contributed by atoms with Crippen LogP contribution >= 0.6 is 0 Å². The summed E-state index contributed by atoms with van der Waals surface area (Å²) in [6.07, 6.45) is 1.44. The molecule has 5 heteroatoms. The van der Waals surface area contributed by atoms with Crippen LogP contribution in [0.25, 0.3) is 0 Å². The van der Waals surface area contributed by atoms with Crippen molar-refractivity contribution in [3.05, 3.63) is 60.2 Å². The largest absolute Gasteiger partial charge is 0.371 e. The Kier molecular flexibility index (Phi) is 4.55. The zero-order chi connectivity index (χ0) is 16.2. The van der Waals surface area contributed by atoms with E-state index in [9.17, 15) is 13.6 Å². The van der Waals surface area contributed by atoms with Gasteiger partial charge in [-0.3, -0.25) is 4.79 Å². The minimum absolute atomic E-state index is 0.138. The van der Waals surface area contributed by atoms with E-state index in [2.05, 4.69) is 22.3 Å². The number of piperidine rings is 1. The van der Waals surface area contributed by atoms with Gasteiger partial charge < -0.3 is 10.2 Å². The van der Waals surface area contributed by atoms with Crippen molar-refractivity contribution in [3.8, 4) is 0 Å². The topological polar surface area (TPSA) is 32.3 Å². The van der Waals surface area contributed by atoms with Gasteiger partial charge in [0, 0.05) is 36.4 Å². The van der Waals surface area contributed by atoms with Crippen LogP contribution in [0.3, 0.4) is 0 Å². The number of carbonyl (C=O) groups is 1. The first-order chi connectivity index (χ1) is 11.1. The highest BCUT2D eigenvalue weighted by Crippen LogP contribution is 2.24. The molecule has 1 N–H and O–H groups in total. The van der Waals surface area contributed by atoms with Gasteiger partial charge in [0.2, 0.25) is 5.91 Å². The van der Waals surface area contributed by atoms with Gasteiger partial charge in [-0.15, -0.1) is 0 Å². The van der Waals surface area contributed by atoms with Crippen molar-refractivity contribution in [1.82, 2.24) is 0 Å². The van der Waals surface area contributed by atoms with Gasteiger partial charge in [-0.2, -0.15) is 0 Å². The predicted molar refractivity (Wildman–Crippen MR) is 86.4 cm³/mol. The highest BCUT2D eigenvalue weighted by molar-refractivity contribution is 5.92. The monoisotopic (exact) mass is 316 g/mol. The maximum atomic E-state index is 13.2. The van der Waals surface area contributed by atoms with Crippen LogP contribution in [0.15, 0.2) is 48.5 Å². The van der Waals surface area contributed by atoms with E-state index >= 15 is 0 Å². The molecule has 0 bridgehead atoms. The van der Waals surface area contributed by atoms with Crippen molar-refractivity contribution in [2.75, 3.05) is 23.3 Å². The third-order valence-electron chi connectivity index (χ3n) is 4.12. The molecule has 1 aliphatic heterocycles. The number of halogens is 2. The standard InChI is InChI=1S/C18H18F2N2O/c19-14-10-15(20)12-16(11-14)21-18(23)13-6-8-22(9-7-13)17-4-2-1-3-5-17/h1-5,10-13H,6-9H2,(H,21,23). The van der Waals surface area contributed by atoms with Crippen LogP contribution in [0.4, 0.5) is 20.2 Å². The molecule has 23 heavy (non-hydrogen) atoms. The number of hydrogen-bond donors (Lipinski definition) is 1. The average molecular weight is 316 g/mol. The molecule has 0 aromatic heterocycles. The minimum atomic E-state index is -0.695. The van der Waals surface area contributed by atoms with E-state index in [1.807, 2.05) is 18.2 Å². The Balaban J connectivity index is 1.58. The summed E-state index contributed by atoms with van der Waals surface area (Å²) in [5.74, 6) is -1.71. The third kappa shape index (κ3) is 3.86. The fraction of sp³-hybridized carbons (Fsp3) is 0.278. The smallest absolute Gasteiger partial charge is 0.227 e. The number of rotatable bonds is 3. The molecule has 1 saturated heterocycles. The van der Waals surface area contributed by atoms with Crippen molar-refractivity contribution in [1.29, 1.82) is 0 Å². The summed E-state index contributed by atoms with van der Waals surface area (Å²) in [6.45, 7) is 1.58. The Hall–Kier alpha value is -2.43. The van der Waals surface area contributed by atoms with Crippen LogP contribution in [-0.2, 0) is 4.79 Å². The van der Waals surface area contributed by atoms with Crippen molar-refractivity contribution in [2.45, 2.75) is 12.8 Å². The molecule has 120 valence electrons. The first-order valence-corrected chi connectivity index (χ1v) is 7.69. The highest BCUT2D eigenvalue weighted by Gasteiger charge is 2.25. The molecule has 0 unspecified atom stereocenters. The van der Waals surface area contributed by atoms with Gasteiger partial charge in [0.25, 0.3) is 0 Å². The van der Waals surface area contributed by atoms with E-state index in [1.165, 1.54) is 0 Å². The number of para-hydroxylation sites is 1. The average Bonchev–Trinajstić information content (AvgIpc) is 2.55. The van der Waals surface area contributed by atoms with Crippen LogP contribution in [-0.4, -0.2) is 19.0 Å². The van der Waals surface area contributed by atoms with Gasteiger partial charge in [0.15, 0.2) is 0 Å². The number of nitrogens with one attached hydrogen (secondary N) is 1. The van der Waals surface area contributed by atoms with Gasteiger partial charge in [0.1, 0.15) is 11.6 Å². The van der Waals surface area contributed by atoms with E-state index in [0.29, 0.717) is 0 Å². The zero-order valence-electron chi connectivity index (χ0n) is 12.6. The summed E-state index contributed by atoms with van der Waals surface area (Å²) in [6, 6.07) is 13.1. The highest BCUT2D eigenvalue weighted by atomic mass is 19.1. The lowest BCUT2D eigenvalue weighted by atomic mass is 9.95. The predicted octanol–water partition coefficient (Wildman–Crippen LogP) is 3.82. The second kappa shape index (κ2) is 6.77. The van der Waals surface area contributed by atoms with Gasteiger partial charge in [-0.1, -0.05) is 18.2 Å². The fourth-order valence-electron chi connectivity index (χ4n) is 2.91. The van der Waals surface area contributed by atoms with E-state index in [4.69, 9.17) is 0 Å². The summed E-state index contributed by atoms with van der Waals surface area (Å²) in [5, 5.41) is 2.61. The number of benzene rings is 2.